The minimum absolute atomic E-state index is 0.241. The molecule has 0 aliphatic heterocycles. The van der Waals surface area contributed by atoms with E-state index in [1.165, 1.54) is 18.2 Å². The SMILES string of the molecule is O=C(O)CO[C@H](c1c(Cl)cccc1Cl)C(F)(F)F. The predicted molar refractivity (Wildman–Crippen MR) is 58.8 cm³/mol. The van der Waals surface area contributed by atoms with Gasteiger partial charge in [0.2, 0.25) is 0 Å². The Bertz CT molecular complexity index is 428. The molecule has 0 bridgehead atoms. The highest BCUT2D eigenvalue weighted by molar-refractivity contribution is 6.36. The summed E-state index contributed by atoms with van der Waals surface area (Å²) in [6.45, 7) is -1.11. The number of benzene rings is 1. The van der Waals surface area contributed by atoms with Crippen LogP contribution in [0.4, 0.5) is 13.2 Å². The lowest BCUT2D eigenvalue weighted by molar-refractivity contribution is -0.225. The van der Waals surface area contributed by atoms with Gasteiger partial charge in [0.25, 0.3) is 0 Å². The molecule has 3 nitrogen and oxygen atoms in total. The highest BCUT2D eigenvalue weighted by Gasteiger charge is 2.44. The first-order chi connectivity index (χ1) is 8.23. The minimum atomic E-state index is -4.82. The Morgan fingerprint density at radius 1 is 1.33 bits per heavy atom. The zero-order valence-corrected chi connectivity index (χ0v) is 10.2. The molecule has 1 aromatic rings. The van der Waals surface area contributed by atoms with Gasteiger partial charge in [0.05, 0.1) is 0 Å². The van der Waals surface area contributed by atoms with E-state index >= 15 is 0 Å². The largest absolute Gasteiger partial charge is 0.480 e. The number of carboxylic acids is 1. The Morgan fingerprint density at radius 2 is 1.83 bits per heavy atom. The number of carboxylic acid groups (broad SMARTS) is 1. The van der Waals surface area contributed by atoms with E-state index < -0.39 is 30.4 Å². The lowest BCUT2D eigenvalue weighted by atomic mass is 10.1. The van der Waals surface area contributed by atoms with Gasteiger partial charge in [0.15, 0.2) is 6.10 Å². The Morgan fingerprint density at radius 3 is 2.22 bits per heavy atom. The standard InChI is InChI=1S/C10H7Cl2F3O3/c11-5-2-1-3-6(12)8(5)9(10(13,14)15)18-4-7(16)17/h1-3,9H,4H2,(H,16,17)/t9-/m1/s1. The van der Waals surface area contributed by atoms with E-state index in [-0.39, 0.29) is 10.0 Å². The summed E-state index contributed by atoms with van der Waals surface area (Å²) in [4.78, 5) is 10.3. The summed E-state index contributed by atoms with van der Waals surface area (Å²) < 4.78 is 42.7. The lowest BCUT2D eigenvalue weighted by Gasteiger charge is -2.22. The van der Waals surface area contributed by atoms with Crippen LogP contribution in [0, 0.1) is 0 Å². The quantitative estimate of drug-likeness (QED) is 0.922. The van der Waals surface area contributed by atoms with Crippen LogP contribution in [0.3, 0.4) is 0 Å². The first-order valence-corrected chi connectivity index (χ1v) is 5.33. The predicted octanol–water partition coefficient (Wildman–Crippen LogP) is 3.70. The first kappa shape index (κ1) is 15.1. The minimum Gasteiger partial charge on any atom is -0.480 e. The van der Waals surface area contributed by atoms with Crippen LogP contribution in [0.15, 0.2) is 18.2 Å². The van der Waals surface area contributed by atoms with Crippen molar-refractivity contribution in [1.29, 1.82) is 0 Å². The van der Waals surface area contributed by atoms with E-state index in [4.69, 9.17) is 28.3 Å². The van der Waals surface area contributed by atoms with Gasteiger partial charge in [-0.3, -0.25) is 0 Å². The topological polar surface area (TPSA) is 46.5 Å². The zero-order valence-electron chi connectivity index (χ0n) is 8.67. The van der Waals surface area contributed by atoms with E-state index in [0.29, 0.717) is 0 Å². The van der Waals surface area contributed by atoms with Gasteiger partial charge in [-0.2, -0.15) is 13.2 Å². The Labute approximate surface area is 110 Å². The summed E-state index contributed by atoms with van der Waals surface area (Å²) in [6, 6.07) is 3.80. The molecule has 8 heteroatoms. The maximum absolute atomic E-state index is 12.8. The fourth-order valence-corrected chi connectivity index (χ4v) is 1.85. The third-order valence-electron chi connectivity index (χ3n) is 1.93. The summed E-state index contributed by atoms with van der Waals surface area (Å²) in [6.07, 6.45) is -7.29. The lowest BCUT2D eigenvalue weighted by Crippen LogP contribution is -2.26. The number of hydrogen-bond acceptors (Lipinski definition) is 2. The van der Waals surface area contributed by atoms with E-state index in [1.54, 1.807) is 0 Å². The van der Waals surface area contributed by atoms with Crippen molar-refractivity contribution in [3.63, 3.8) is 0 Å². The molecule has 0 spiro atoms. The molecule has 0 amide bonds. The molecule has 0 fully saturated rings. The second-order valence-electron chi connectivity index (χ2n) is 3.26. The molecule has 0 unspecified atom stereocenters. The van der Waals surface area contributed by atoms with E-state index in [0.717, 1.165) is 0 Å². The molecule has 1 N–H and O–H groups in total. The van der Waals surface area contributed by atoms with Crippen molar-refractivity contribution in [1.82, 2.24) is 0 Å². The first-order valence-electron chi connectivity index (χ1n) is 4.57. The zero-order chi connectivity index (χ0) is 13.9. The second kappa shape index (κ2) is 5.77. The maximum Gasteiger partial charge on any atom is 0.418 e. The highest BCUT2D eigenvalue weighted by atomic mass is 35.5. The number of halogens is 5. The molecular formula is C10H7Cl2F3O3. The smallest absolute Gasteiger partial charge is 0.418 e. The van der Waals surface area contributed by atoms with Crippen molar-refractivity contribution in [3.8, 4) is 0 Å². The van der Waals surface area contributed by atoms with Gasteiger partial charge in [-0.05, 0) is 12.1 Å². The van der Waals surface area contributed by atoms with Crippen molar-refractivity contribution in [2.45, 2.75) is 12.3 Å². The van der Waals surface area contributed by atoms with Crippen molar-refractivity contribution < 1.29 is 27.8 Å². The maximum atomic E-state index is 12.8. The molecule has 1 rings (SSSR count). The molecule has 0 radical (unpaired) electrons. The average molecular weight is 303 g/mol. The van der Waals surface area contributed by atoms with Gasteiger partial charge >= 0.3 is 12.1 Å². The van der Waals surface area contributed by atoms with Crippen LogP contribution in [0.25, 0.3) is 0 Å². The van der Waals surface area contributed by atoms with E-state index in [1.807, 2.05) is 0 Å². The van der Waals surface area contributed by atoms with Crippen LogP contribution >= 0.6 is 23.2 Å². The van der Waals surface area contributed by atoms with E-state index in [9.17, 15) is 18.0 Å². The number of rotatable bonds is 4. The summed E-state index contributed by atoms with van der Waals surface area (Å²) >= 11 is 11.3. The molecular weight excluding hydrogens is 296 g/mol. The van der Waals surface area contributed by atoms with Crippen molar-refractivity contribution in [2.75, 3.05) is 6.61 Å². The second-order valence-corrected chi connectivity index (χ2v) is 4.08. The fraction of sp³-hybridized carbons (Fsp3) is 0.300. The molecule has 0 heterocycles. The number of ether oxygens (including phenoxy) is 1. The van der Waals surface area contributed by atoms with Crippen LogP contribution < -0.4 is 0 Å². The number of carbonyl (C=O) groups is 1. The number of hydrogen-bond donors (Lipinski definition) is 1. The number of alkyl halides is 3. The van der Waals surface area contributed by atoms with Crippen molar-refractivity contribution in [3.05, 3.63) is 33.8 Å². The van der Waals surface area contributed by atoms with Crippen LogP contribution in [0.1, 0.15) is 11.7 Å². The molecule has 0 aliphatic carbocycles. The Hall–Kier alpha value is -0.980. The van der Waals surface area contributed by atoms with Crippen LogP contribution in [-0.4, -0.2) is 23.9 Å². The van der Waals surface area contributed by atoms with Gasteiger partial charge in [-0.15, -0.1) is 0 Å². The van der Waals surface area contributed by atoms with Crippen molar-refractivity contribution >= 4 is 29.2 Å². The number of aliphatic carboxylic acids is 1. The average Bonchev–Trinajstić information content (AvgIpc) is 2.20. The van der Waals surface area contributed by atoms with Crippen LogP contribution in [0.5, 0.6) is 0 Å². The third-order valence-corrected chi connectivity index (χ3v) is 2.59. The summed E-state index contributed by atoms with van der Waals surface area (Å²) in [5, 5.41) is 7.87. The molecule has 0 aliphatic rings. The van der Waals surface area contributed by atoms with Gasteiger partial charge in [0, 0.05) is 15.6 Å². The van der Waals surface area contributed by atoms with Crippen LogP contribution in [-0.2, 0) is 9.53 Å². The molecule has 1 aromatic carbocycles. The Kier molecular flexibility index (Phi) is 4.84. The van der Waals surface area contributed by atoms with Gasteiger partial charge in [-0.25, -0.2) is 4.79 Å². The molecule has 100 valence electrons. The molecule has 0 aromatic heterocycles. The molecule has 18 heavy (non-hydrogen) atoms. The summed E-state index contributed by atoms with van der Waals surface area (Å²) in [7, 11) is 0. The molecule has 0 saturated heterocycles. The van der Waals surface area contributed by atoms with Gasteiger partial charge < -0.3 is 9.84 Å². The monoisotopic (exact) mass is 302 g/mol. The van der Waals surface area contributed by atoms with Gasteiger partial charge in [0.1, 0.15) is 6.61 Å². The van der Waals surface area contributed by atoms with Crippen molar-refractivity contribution in [2.24, 2.45) is 0 Å². The van der Waals surface area contributed by atoms with Gasteiger partial charge in [-0.1, -0.05) is 29.3 Å². The van der Waals surface area contributed by atoms with E-state index in [2.05, 4.69) is 4.74 Å². The fourth-order valence-electron chi connectivity index (χ4n) is 1.26. The normalized spacial score (nSPS) is 13.4. The highest BCUT2D eigenvalue weighted by Crippen LogP contribution is 2.42. The summed E-state index contributed by atoms with van der Waals surface area (Å²) in [5.74, 6) is -1.52. The Balaban J connectivity index is 3.14. The van der Waals surface area contributed by atoms with Crippen LogP contribution in [0.2, 0.25) is 10.0 Å². The molecule has 0 saturated carbocycles. The summed E-state index contributed by atoms with van der Waals surface area (Å²) in [5.41, 5.74) is -0.491. The third kappa shape index (κ3) is 3.76. The molecule has 1 atom stereocenters.